The lowest BCUT2D eigenvalue weighted by atomic mass is 10.1. The Labute approximate surface area is 108 Å². The van der Waals surface area contributed by atoms with Gasteiger partial charge < -0.3 is 10.6 Å². The van der Waals surface area contributed by atoms with E-state index in [9.17, 15) is 0 Å². The van der Waals surface area contributed by atoms with E-state index < -0.39 is 0 Å². The SMILES string of the molecule is C[C@@H](NC(=S)NC1CCCC1)c1ccncc1. The van der Waals surface area contributed by atoms with Crippen molar-refractivity contribution in [2.45, 2.75) is 44.7 Å². The Hall–Kier alpha value is -1.16. The van der Waals surface area contributed by atoms with Crippen molar-refractivity contribution in [3.8, 4) is 0 Å². The zero-order chi connectivity index (χ0) is 12.1. The highest BCUT2D eigenvalue weighted by atomic mass is 32.1. The molecule has 4 heteroatoms. The Morgan fingerprint density at radius 3 is 2.65 bits per heavy atom. The zero-order valence-electron chi connectivity index (χ0n) is 10.1. The fourth-order valence-corrected chi connectivity index (χ4v) is 2.57. The lowest BCUT2D eigenvalue weighted by Crippen LogP contribution is -2.41. The van der Waals surface area contributed by atoms with Gasteiger partial charge >= 0.3 is 0 Å². The molecule has 17 heavy (non-hydrogen) atoms. The van der Waals surface area contributed by atoms with Crippen LogP contribution in [0.4, 0.5) is 0 Å². The molecule has 0 aromatic carbocycles. The Balaban J connectivity index is 1.81. The van der Waals surface area contributed by atoms with Gasteiger partial charge in [0, 0.05) is 18.4 Å². The van der Waals surface area contributed by atoms with Crippen LogP contribution in [0.3, 0.4) is 0 Å². The van der Waals surface area contributed by atoms with E-state index in [4.69, 9.17) is 12.2 Å². The van der Waals surface area contributed by atoms with E-state index >= 15 is 0 Å². The lowest BCUT2D eigenvalue weighted by Gasteiger charge is -2.20. The molecule has 1 saturated carbocycles. The van der Waals surface area contributed by atoms with Gasteiger partial charge in [0.15, 0.2) is 5.11 Å². The first-order valence-corrected chi connectivity index (χ1v) is 6.63. The molecule has 0 spiro atoms. The Kier molecular flexibility index (Phi) is 4.31. The normalized spacial score (nSPS) is 17.7. The summed E-state index contributed by atoms with van der Waals surface area (Å²) in [5.74, 6) is 0. The fourth-order valence-electron chi connectivity index (χ4n) is 2.23. The summed E-state index contributed by atoms with van der Waals surface area (Å²) in [6.45, 7) is 2.11. The highest BCUT2D eigenvalue weighted by Crippen LogP contribution is 2.17. The van der Waals surface area contributed by atoms with E-state index in [2.05, 4.69) is 22.5 Å². The maximum atomic E-state index is 5.33. The van der Waals surface area contributed by atoms with Crippen molar-refractivity contribution < 1.29 is 0 Å². The molecule has 3 nitrogen and oxygen atoms in total. The van der Waals surface area contributed by atoms with Gasteiger partial charge in [-0.3, -0.25) is 4.98 Å². The van der Waals surface area contributed by atoms with Crippen LogP contribution in [-0.4, -0.2) is 16.1 Å². The van der Waals surface area contributed by atoms with Gasteiger partial charge in [0.2, 0.25) is 0 Å². The molecule has 92 valence electrons. The van der Waals surface area contributed by atoms with Gasteiger partial charge in [-0.1, -0.05) is 12.8 Å². The van der Waals surface area contributed by atoms with Gasteiger partial charge in [0.05, 0.1) is 6.04 Å². The highest BCUT2D eigenvalue weighted by Gasteiger charge is 2.16. The summed E-state index contributed by atoms with van der Waals surface area (Å²) >= 11 is 5.33. The van der Waals surface area contributed by atoms with E-state index in [1.807, 2.05) is 12.1 Å². The summed E-state index contributed by atoms with van der Waals surface area (Å²) in [5.41, 5.74) is 1.20. The standard InChI is InChI=1S/C13H19N3S/c1-10(11-6-8-14-9-7-11)15-13(17)16-12-4-2-3-5-12/h6-10,12H,2-5H2,1H3,(H2,15,16,17)/t10-/m1/s1. The third-order valence-corrected chi connectivity index (χ3v) is 3.48. The van der Waals surface area contributed by atoms with Crippen LogP contribution in [0.25, 0.3) is 0 Å². The molecule has 0 saturated heterocycles. The van der Waals surface area contributed by atoms with Crippen LogP contribution < -0.4 is 10.6 Å². The van der Waals surface area contributed by atoms with Crippen LogP contribution in [0.15, 0.2) is 24.5 Å². The first-order chi connectivity index (χ1) is 8.25. The van der Waals surface area contributed by atoms with Crippen molar-refractivity contribution in [2.75, 3.05) is 0 Å². The van der Waals surface area contributed by atoms with E-state index in [0.717, 1.165) is 5.11 Å². The number of aromatic nitrogens is 1. The van der Waals surface area contributed by atoms with Crippen molar-refractivity contribution in [3.05, 3.63) is 30.1 Å². The first kappa shape index (κ1) is 12.3. The maximum Gasteiger partial charge on any atom is 0.166 e. The summed E-state index contributed by atoms with van der Waals surface area (Å²) in [4.78, 5) is 4.01. The highest BCUT2D eigenvalue weighted by molar-refractivity contribution is 7.80. The molecule has 0 aliphatic heterocycles. The third-order valence-electron chi connectivity index (χ3n) is 3.24. The second kappa shape index (κ2) is 5.96. The number of nitrogens with one attached hydrogen (secondary N) is 2. The summed E-state index contributed by atoms with van der Waals surface area (Å²) in [5, 5.41) is 7.46. The van der Waals surface area contributed by atoms with Crippen molar-refractivity contribution in [1.82, 2.24) is 15.6 Å². The molecule has 1 aliphatic rings. The van der Waals surface area contributed by atoms with Crippen LogP contribution in [0, 0.1) is 0 Å². The monoisotopic (exact) mass is 249 g/mol. The van der Waals surface area contributed by atoms with Crippen LogP contribution >= 0.6 is 12.2 Å². The Morgan fingerprint density at radius 1 is 1.35 bits per heavy atom. The third kappa shape index (κ3) is 3.66. The second-order valence-electron chi connectivity index (χ2n) is 4.60. The number of hydrogen-bond donors (Lipinski definition) is 2. The largest absolute Gasteiger partial charge is 0.360 e. The maximum absolute atomic E-state index is 5.33. The average molecular weight is 249 g/mol. The van der Waals surface area contributed by atoms with Crippen molar-refractivity contribution in [1.29, 1.82) is 0 Å². The van der Waals surface area contributed by atoms with Gasteiger partial charge in [-0.2, -0.15) is 0 Å². The predicted octanol–water partition coefficient (Wildman–Crippen LogP) is 2.55. The molecule has 1 fully saturated rings. The molecular formula is C13H19N3S. The molecule has 1 atom stereocenters. The van der Waals surface area contributed by atoms with Crippen LogP contribution in [0.5, 0.6) is 0 Å². The second-order valence-corrected chi connectivity index (χ2v) is 5.01. The van der Waals surface area contributed by atoms with Gasteiger partial charge in [-0.05, 0) is 49.7 Å². The molecule has 2 rings (SSSR count). The van der Waals surface area contributed by atoms with Crippen molar-refractivity contribution >= 4 is 17.3 Å². The average Bonchev–Trinajstić information content (AvgIpc) is 2.82. The first-order valence-electron chi connectivity index (χ1n) is 6.22. The molecule has 1 aromatic heterocycles. The number of thiocarbonyl (C=S) groups is 1. The molecule has 0 amide bonds. The lowest BCUT2D eigenvalue weighted by molar-refractivity contribution is 0.605. The van der Waals surface area contributed by atoms with Crippen LogP contribution in [0.2, 0.25) is 0 Å². The molecule has 0 radical (unpaired) electrons. The molecular weight excluding hydrogens is 230 g/mol. The molecule has 0 unspecified atom stereocenters. The van der Waals surface area contributed by atoms with Gasteiger partial charge in [-0.25, -0.2) is 0 Å². The predicted molar refractivity (Wildman–Crippen MR) is 73.8 cm³/mol. The van der Waals surface area contributed by atoms with E-state index in [1.54, 1.807) is 12.4 Å². The number of pyridine rings is 1. The quantitative estimate of drug-likeness (QED) is 0.807. The van der Waals surface area contributed by atoms with Gasteiger partial charge in [0.25, 0.3) is 0 Å². The number of nitrogens with zero attached hydrogens (tertiary/aromatic N) is 1. The fraction of sp³-hybridized carbons (Fsp3) is 0.538. The smallest absolute Gasteiger partial charge is 0.166 e. The van der Waals surface area contributed by atoms with Crippen molar-refractivity contribution in [3.63, 3.8) is 0 Å². The molecule has 1 aliphatic carbocycles. The van der Waals surface area contributed by atoms with Gasteiger partial charge in [-0.15, -0.1) is 0 Å². The minimum absolute atomic E-state index is 0.222. The molecule has 0 bridgehead atoms. The number of rotatable bonds is 3. The molecule has 1 heterocycles. The minimum atomic E-state index is 0.222. The van der Waals surface area contributed by atoms with Crippen LogP contribution in [-0.2, 0) is 0 Å². The van der Waals surface area contributed by atoms with E-state index in [1.165, 1.54) is 31.2 Å². The Bertz CT molecular complexity index is 360. The number of hydrogen-bond acceptors (Lipinski definition) is 2. The van der Waals surface area contributed by atoms with E-state index in [-0.39, 0.29) is 6.04 Å². The summed E-state index contributed by atoms with van der Waals surface area (Å²) in [6.07, 6.45) is 8.74. The molecule has 2 N–H and O–H groups in total. The summed E-state index contributed by atoms with van der Waals surface area (Å²) in [7, 11) is 0. The van der Waals surface area contributed by atoms with Gasteiger partial charge in [0.1, 0.15) is 0 Å². The van der Waals surface area contributed by atoms with E-state index in [0.29, 0.717) is 6.04 Å². The zero-order valence-corrected chi connectivity index (χ0v) is 11.0. The Morgan fingerprint density at radius 2 is 2.00 bits per heavy atom. The minimum Gasteiger partial charge on any atom is -0.360 e. The van der Waals surface area contributed by atoms with Crippen molar-refractivity contribution in [2.24, 2.45) is 0 Å². The molecule has 1 aromatic rings. The summed E-state index contributed by atoms with van der Waals surface area (Å²) in [6, 6.07) is 4.81. The summed E-state index contributed by atoms with van der Waals surface area (Å²) < 4.78 is 0. The van der Waals surface area contributed by atoms with Crippen LogP contribution in [0.1, 0.15) is 44.2 Å². The topological polar surface area (TPSA) is 37.0 Å².